The summed E-state index contributed by atoms with van der Waals surface area (Å²) in [7, 11) is 0. The Balaban J connectivity index is 1.86. The highest BCUT2D eigenvalue weighted by atomic mass is 16.6. The molecule has 1 aliphatic carbocycles. The molecule has 0 bridgehead atoms. The predicted molar refractivity (Wildman–Crippen MR) is 101 cm³/mol. The van der Waals surface area contributed by atoms with Gasteiger partial charge >= 0.3 is 5.82 Å². The van der Waals surface area contributed by atoms with Crippen molar-refractivity contribution in [2.75, 3.05) is 0 Å². The fourth-order valence-electron chi connectivity index (χ4n) is 3.68. The minimum Gasteiger partial charge on any atom is -0.358 e. The first-order valence-electron chi connectivity index (χ1n) is 9.56. The molecule has 1 fully saturated rings. The zero-order valence-electron chi connectivity index (χ0n) is 14.8. The van der Waals surface area contributed by atoms with E-state index in [1.54, 1.807) is 16.7 Å². The number of pyridine rings is 1. The lowest BCUT2D eigenvalue weighted by atomic mass is 9.97. The Bertz CT molecular complexity index is 734. The Morgan fingerprint density at radius 2 is 1.56 bits per heavy atom. The van der Waals surface area contributed by atoms with Gasteiger partial charge in [-0.15, -0.1) is 0 Å². The van der Waals surface area contributed by atoms with Crippen molar-refractivity contribution in [2.24, 2.45) is 0 Å². The average molecular weight is 341 g/mol. The van der Waals surface area contributed by atoms with Crippen LogP contribution in [0.3, 0.4) is 0 Å². The summed E-state index contributed by atoms with van der Waals surface area (Å²) in [6, 6.07) is 5.48. The Labute approximate surface area is 148 Å². The van der Waals surface area contributed by atoms with Gasteiger partial charge in [0.15, 0.2) is 5.69 Å². The van der Waals surface area contributed by atoms with Gasteiger partial charge in [0.2, 0.25) is 5.65 Å². The van der Waals surface area contributed by atoms with Crippen LogP contribution >= 0.6 is 0 Å². The molecule has 0 aromatic carbocycles. The third-order valence-corrected chi connectivity index (χ3v) is 5.04. The molecule has 0 saturated heterocycles. The molecule has 1 aliphatic rings. The second kappa shape index (κ2) is 8.79. The zero-order valence-corrected chi connectivity index (χ0v) is 14.8. The molecule has 5 heteroatoms. The molecule has 2 aromatic heterocycles. The topological polar surface area (TPSA) is 60.4 Å². The summed E-state index contributed by atoms with van der Waals surface area (Å²) in [5.41, 5.74) is 2.44. The fourth-order valence-corrected chi connectivity index (χ4v) is 3.68. The summed E-state index contributed by atoms with van der Waals surface area (Å²) >= 11 is 0. The van der Waals surface area contributed by atoms with Gasteiger partial charge in [0.25, 0.3) is 0 Å². The van der Waals surface area contributed by atoms with E-state index in [1.807, 2.05) is 18.2 Å². The van der Waals surface area contributed by atoms with Crippen LogP contribution in [-0.4, -0.2) is 14.3 Å². The van der Waals surface area contributed by atoms with Crippen LogP contribution < -0.4 is 0 Å². The number of imidazole rings is 1. The summed E-state index contributed by atoms with van der Waals surface area (Å²) in [6.45, 7) is 0. The van der Waals surface area contributed by atoms with E-state index < -0.39 is 0 Å². The van der Waals surface area contributed by atoms with Gasteiger partial charge in [-0.1, -0.05) is 56.6 Å². The van der Waals surface area contributed by atoms with Crippen LogP contribution in [0.4, 0.5) is 5.82 Å². The zero-order chi connectivity index (χ0) is 17.5. The van der Waals surface area contributed by atoms with Crippen molar-refractivity contribution in [1.29, 1.82) is 0 Å². The standard InChI is InChI=1S/C20H27N3O2/c24-23(25)20-18(21-19-14-10-11-15-22(19)20)16-17-12-8-6-4-2-1-3-5-7-9-13-17/h10-11,14-16H,1-9,12-13H2. The van der Waals surface area contributed by atoms with E-state index in [0.29, 0.717) is 11.3 Å². The Kier molecular flexibility index (Phi) is 6.20. The van der Waals surface area contributed by atoms with Crippen molar-refractivity contribution in [1.82, 2.24) is 9.38 Å². The van der Waals surface area contributed by atoms with Gasteiger partial charge in [-0.3, -0.25) is 0 Å². The SMILES string of the molecule is O=[N+]([O-])c1c(C=C2CCCCCCCCCCC2)nc2ccccn12. The first kappa shape index (κ1) is 17.6. The van der Waals surface area contributed by atoms with Gasteiger partial charge in [-0.2, -0.15) is 4.40 Å². The highest BCUT2D eigenvalue weighted by molar-refractivity contribution is 5.63. The number of nitrogens with zero attached hydrogens (tertiary/aromatic N) is 3. The van der Waals surface area contributed by atoms with Crippen LogP contribution in [0.5, 0.6) is 0 Å². The van der Waals surface area contributed by atoms with E-state index in [0.717, 1.165) is 12.8 Å². The largest absolute Gasteiger partial charge is 0.358 e. The van der Waals surface area contributed by atoms with Gasteiger partial charge in [0.1, 0.15) is 0 Å². The minimum absolute atomic E-state index is 0.0780. The molecule has 5 nitrogen and oxygen atoms in total. The highest BCUT2D eigenvalue weighted by Gasteiger charge is 2.20. The van der Waals surface area contributed by atoms with E-state index in [-0.39, 0.29) is 10.7 Å². The molecule has 3 rings (SSSR count). The lowest BCUT2D eigenvalue weighted by Gasteiger charge is -2.10. The van der Waals surface area contributed by atoms with Crippen LogP contribution in [0.15, 0.2) is 30.0 Å². The van der Waals surface area contributed by atoms with Crippen LogP contribution in [0.25, 0.3) is 11.7 Å². The van der Waals surface area contributed by atoms with Gasteiger partial charge < -0.3 is 10.1 Å². The van der Waals surface area contributed by atoms with Crippen molar-refractivity contribution in [3.8, 4) is 0 Å². The van der Waals surface area contributed by atoms with E-state index in [9.17, 15) is 10.1 Å². The maximum atomic E-state index is 11.6. The highest BCUT2D eigenvalue weighted by Crippen LogP contribution is 2.27. The van der Waals surface area contributed by atoms with Crippen molar-refractivity contribution in [3.63, 3.8) is 0 Å². The Morgan fingerprint density at radius 3 is 2.16 bits per heavy atom. The number of rotatable bonds is 2. The predicted octanol–water partition coefficient (Wildman–Crippen LogP) is 5.93. The summed E-state index contributed by atoms with van der Waals surface area (Å²) in [5.74, 6) is 0.0780. The lowest BCUT2D eigenvalue weighted by Crippen LogP contribution is -1.96. The van der Waals surface area contributed by atoms with Crippen LogP contribution in [-0.2, 0) is 0 Å². The van der Waals surface area contributed by atoms with E-state index in [2.05, 4.69) is 4.98 Å². The Morgan fingerprint density at radius 1 is 0.960 bits per heavy atom. The second-order valence-corrected chi connectivity index (χ2v) is 6.99. The normalized spacial score (nSPS) is 17.7. The molecule has 0 atom stereocenters. The van der Waals surface area contributed by atoms with E-state index >= 15 is 0 Å². The number of hydrogen-bond acceptors (Lipinski definition) is 3. The summed E-state index contributed by atoms with van der Waals surface area (Å²) in [4.78, 5) is 15.7. The molecule has 0 spiro atoms. The van der Waals surface area contributed by atoms with Gasteiger partial charge in [0, 0.05) is 6.07 Å². The lowest BCUT2D eigenvalue weighted by molar-refractivity contribution is -0.390. The molecule has 0 amide bonds. The van der Waals surface area contributed by atoms with Crippen LogP contribution in [0.1, 0.15) is 76.3 Å². The van der Waals surface area contributed by atoms with E-state index in [4.69, 9.17) is 0 Å². The molecule has 0 unspecified atom stereocenters. The number of fused-ring (bicyclic) bond motifs is 1. The van der Waals surface area contributed by atoms with Crippen molar-refractivity contribution in [2.45, 2.75) is 70.6 Å². The molecule has 2 heterocycles. The molecule has 0 N–H and O–H groups in total. The summed E-state index contributed by atoms with van der Waals surface area (Å²) in [5, 5.41) is 11.6. The first-order chi connectivity index (χ1) is 12.3. The smallest absolute Gasteiger partial charge is 0.355 e. The van der Waals surface area contributed by atoms with Gasteiger partial charge in [-0.05, 0) is 42.7 Å². The molecule has 134 valence electrons. The van der Waals surface area contributed by atoms with Gasteiger partial charge in [-0.25, -0.2) is 4.98 Å². The van der Waals surface area contributed by atoms with Crippen molar-refractivity contribution < 1.29 is 4.92 Å². The Hall–Kier alpha value is -2.17. The quantitative estimate of drug-likeness (QED) is 0.502. The molecular weight excluding hydrogens is 314 g/mol. The molecule has 1 saturated carbocycles. The van der Waals surface area contributed by atoms with Crippen molar-refractivity contribution in [3.05, 3.63) is 45.8 Å². The van der Waals surface area contributed by atoms with Crippen molar-refractivity contribution >= 4 is 17.5 Å². The second-order valence-electron chi connectivity index (χ2n) is 6.99. The number of nitro groups is 1. The third-order valence-electron chi connectivity index (χ3n) is 5.04. The minimum atomic E-state index is -0.318. The van der Waals surface area contributed by atoms with Crippen LogP contribution in [0.2, 0.25) is 0 Å². The molecular formula is C20H27N3O2. The number of aromatic nitrogens is 2. The summed E-state index contributed by atoms with van der Waals surface area (Å²) in [6.07, 6.45) is 17.3. The van der Waals surface area contributed by atoms with E-state index in [1.165, 1.54) is 63.4 Å². The molecule has 0 aliphatic heterocycles. The summed E-state index contributed by atoms with van der Waals surface area (Å²) < 4.78 is 1.57. The third kappa shape index (κ3) is 4.68. The number of hydrogen-bond donors (Lipinski definition) is 0. The average Bonchev–Trinajstić information content (AvgIpc) is 2.95. The van der Waals surface area contributed by atoms with Gasteiger partial charge in [0.05, 0.1) is 6.20 Å². The maximum absolute atomic E-state index is 11.6. The first-order valence-corrected chi connectivity index (χ1v) is 9.56. The maximum Gasteiger partial charge on any atom is 0.355 e. The molecule has 2 aromatic rings. The monoisotopic (exact) mass is 341 g/mol. The van der Waals surface area contributed by atoms with Crippen LogP contribution in [0, 0.1) is 10.1 Å². The number of allylic oxidation sites excluding steroid dienone is 1. The molecule has 0 radical (unpaired) electrons. The fraction of sp³-hybridized carbons (Fsp3) is 0.550. The molecule has 25 heavy (non-hydrogen) atoms.